The number of amides is 2. The highest BCUT2D eigenvalue weighted by molar-refractivity contribution is 7.85. The molecule has 0 saturated heterocycles. The molecule has 0 spiro atoms. The van der Waals surface area contributed by atoms with E-state index in [-0.39, 0.29) is 25.3 Å². The van der Waals surface area contributed by atoms with Crippen LogP contribution in [-0.2, 0) is 46.5 Å². The van der Waals surface area contributed by atoms with Gasteiger partial charge in [-0.3, -0.25) is 0 Å². The van der Waals surface area contributed by atoms with Crippen LogP contribution in [0.5, 0.6) is 0 Å². The maximum Gasteiger partial charge on any atom is 0.407 e. The Kier molecular flexibility index (Phi) is 7.95. The van der Waals surface area contributed by atoms with E-state index in [1.54, 1.807) is 0 Å². The van der Waals surface area contributed by atoms with Crippen LogP contribution >= 0.6 is 0 Å². The predicted octanol–water partition coefficient (Wildman–Crippen LogP) is 3.87. The van der Waals surface area contributed by atoms with Gasteiger partial charge in [-0.2, -0.15) is 0 Å². The van der Waals surface area contributed by atoms with Gasteiger partial charge in [0, 0.05) is 40.3 Å². The number of benzene rings is 1. The number of hydrogen-bond acceptors (Lipinski definition) is 5. The van der Waals surface area contributed by atoms with Crippen molar-refractivity contribution < 1.29 is 23.3 Å². The van der Waals surface area contributed by atoms with Crippen molar-refractivity contribution >= 4 is 23.0 Å². The number of hydrogen-bond donors (Lipinski definition) is 2. The Bertz CT molecular complexity index is 985. The van der Waals surface area contributed by atoms with Gasteiger partial charge in [0.15, 0.2) is 0 Å². The van der Waals surface area contributed by atoms with Crippen molar-refractivity contribution in [2.24, 2.45) is 0 Å². The highest BCUT2D eigenvalue weighted by Gasteiger charge is 2.30. The van der Waals surface area contributed by atoms with E-state index in [2.05, 4.69) is 10.6 Å². The number of ether oxygens (including phenoxy) is 2. The summed E-state index contributed by atoms with van der Waals surface area (Å²) in [7, 11) is -1.47. The van der Waals surface area contributed by atoms with Crippen molar-refractivity contribution in [2.75, 3.05) is 0 Å². The topological polar surface area (TPSA) is 98.7 Å². The fourth-order valence-corrected chi connectivity index (χ4v) is 5.13. The van der Waals surface area contributed by atoms with E-state index in [9.17, 15) is 13.8 Å². The molecule has 1 aromatic heterocycles. The van der Waals surface area contributed by atoms with E-state index in [1.807, 2.05) is 62.6 Å². The van der Waals surface area contributed by atoms with Crippen LogP contribution in [0.4, 0.5) is 9.59 Å². The fourth-order valence-electron chi connectivity index (χ4n) is 3.70. The van der Waals surface area contributed by atoms with Gasteiger partial charge in [-0.05, 0) is 52.7 Å². The van der Waals surface area contributed by atoms with Crippen molar-refractivity contribution in [3.8, 4) is 0 Å². The Hall–Kier alpha value is -2.81. The van der Waals surface area contributed by atoms with Gasteiger partial charge in [0.2, 0.25) is 0 Å². The highest BCUT2D eigenvalue weighted by atomic mass is 32.2. The summed E-state index contributed by atoms with van der Waals surface area (Å²) in [6.45, 7) is 8.07. The summed E-state index contributed by atoms with van der Waals surface area (Å²) >= 11 is 0. The minimum atomic E-state index is -1.47. The van der Waals surface area contributed by atoms with Gasteiger partial charge in [0.1, 0.15) is 29.0 Å². The zero-order valence-corrected chi connectivity index (χ0v) is 19.8. The molecule has 1 aliphatic heterocycles. The molecule has 0 aliphatic carbocycles. The second-order valence-electron chi connectivity index (χ2n) is 8.30. The number of aromatic nitrogens is 1. The second kappa shape index (κ2) is 10.7. The van der Waals surface area contributed by atoms with E-state index >= 15 is 0 Å². The first kappa shape index (κ1) is 23.8. The van der Waals surface area contributed by atoms with Crippen molar-refractivity contribution in [2.45, 2.75) is 82.3 Å². The van der Waals surface area contributed by atoms with Crippen LogP contribution in [-0.4, -0.2) is 33.0 Å². The molecule has 2 amide bonds. The van der Waals surface area contributed by atoms with Crippen LogP contribution in [0.3, 0.4) is 0 Å². The Morgan fingerprint density at radius 2 is 1.53 bits per heavy atom. The SMILES string of the molecule is CC(C)NC(=O)OCc1c(COC(=O)NC(C)C)c([S@@](=O)c2ccccc2)n2c1CCC2. The predicted molar refractivity (Wildman–Crippen MR) is 121 cm³/mol. The summed E-state index contributed by atoms with van der Waals surface area (Å²) < 4.78 is 26.5. The van der Waals surface area contributed by atoms with Crippen molar-refractivity contribution in [1.29, 1.82) is 0 Å². The molecule has 2 heterocycles. The minimum Gasteiger partial charge on any atom is -0.445 e. The van der Waals surface area contributed by atoms with Crippen LogP contribution in [0.15, 0.2) is 40.3 Å². The molecule has 8 nitrogen and oxygen atoms in total. The molecule has 1 atom stereocenters. The number of carbonyl (C=O) groups is 2. The van der Waals surface area contributed by atoms with Crippen molar-refractivity contribution in [3.63, 3.8) is 0 Å². The number of alkyl carbamates (subject to hydrolysis) is 2. The van der Waals surface area contributed by atoms with Gasteiger partial charge in [0.05, 0.1) is 0 Å². The molecule has 1 aromatic carbocycles. The Morgan fingerprint density at radius 1 is 0.969 bits per heavy atom. The summed E-state index contributed by atoms with van der Waals surface area (Å²) in [4.78, 5) is 24.9. The zero-order chi connectivity index (χ0) is 23.3. The first-order valence-electron chi connectivity index (χ1n) is 10.8. The molecule has 9 heteroatoms. The lowest BCUT2D eigenvalue weighted by molar-refractivity contribution is 0.128. The van der Waals surface area contributed by atoms with Gasteiger partial charge in [-0.1, -0.05) is 18.2 Å². The third-order valence-electron chi connectivity index (χ3n) is 4.98. The molecule has 174 valence electrons. The molecule has 0 fully saturated rings. The van der Waals surface area contributed by atoms with Gasteiger partial charge in [0.25, 0.3) is 0 Å². The summed E-state index contributed by atoms with van der Waals surface area (Å²) in [5, 5.41) is 6.00. The summed E-state index contributed by atoms with van der Waals surface area (Å²) in [6.07, 6.45) is 0.621. The summed E-state index contributed by atoms with van der Waals surface area (Å²) in [5.41, 5.74) is 2.38. The smallest absolute Gasteiger partial charge is 0.407 e. The number of fused-ring (bicyclic) bond motifs is 1. The molecular weight excluding hydrogens is 430 g/mol. The maximum absolute atomic E-state index is 13.6. The molecule has 2 aromatic rings. The third-order valence-corrected chi connectivity index (χ3v) is 6.50. The molecule has 3 rings (SSSR count). The Balaban J connectivity index is 1.96. The number of rotatable bonds is 8. The molecule has 0 saturated carbocycles. The van der Waals surface area contributed by atoms with E-state index in [4.69, 9.17) is 9.47 Å². The third kappa shape index (κ3) is 5.70. The summed E-state index contributed by atoms with van der Waals surface area (Å²) in [6, 6.07) is 9.06. The molecule has 2 N–H and O–H groups in total. The lowest BCUT2D eigenvalue weighted by Gasteiger charge is -2.14. The van der Waals surface area contributed by atoms with Crippen LogP contribution in [0.2, 0.25) is 0 Å². The normalized spacial score (nSPS) is 13.7. The lowest BCUT2D eigenvalue weighted by Crippen LogP contribution is -2.31. The second-order valence-corrected chi connectivity index (χ2v) is 9.69. The number of nitrogens with one attached hydrogen (secondary N) is 2. The van der Waals surface area contributed by atoms with E-state index in [0.717, 1.165) is 24.1 Å². The van der Waals surface area contributed by atoms with Crippen molar-refractivity contribution in [1.82, 2.24) is 15.2 Å². The molecule has 0 unspecified atom stereocenters. The van der Waals surface area contributed by atoms with Gasteiger partial charge in [-0.25, -0.2) is 13.8 Å². The average molecular weight is 462 g/mol. The van der Waals surface area contributed by atoms with Crippen LogP contribution < -0.4 is 10.6 Å². The van der Waals surface area contributed by atoms with Crippen molar-refractivity contribution in [3.05, 3.63) is 47.2 Å². The number of carbonyl (C=O) groups excluding carboxylic acids is 2. The number of nitrogens with zero attached hydrogens (tertiary/aromatic N) is 1. The quantitative estimate of drug-likeness (QED) is 0.622. The molecule has 0 radical (unpaired) electrons. The average Bonchev–Trinajstić information content (AvgIpc) is 3.30. The summed E-state index contributed by atoms with van der Waals surface area (Å²) in [5.74, 6) is 0. The van der Waals surface area contributed by atoms with Crippen LogP contribution in [0.1, 0.15) is 50.9 Å². The molecule has 32 heavy (non-hydrogen) atoms. The largest absolute Gasteiger partial charge is 0.445 e. The van der Waals surface area contributed by atoms with Crippen LogP contribution in [0.25, 0.3) is 0 Å². The van der Waals surface area contributed by atoms with Gasteiger partial charge >= 0.3 is 12.2 Å². The van der Waals surface area contributed by atoms with E-state index in [1.165, 1.54) is 0 Å². The first-order chi connectivity index (χ1) is 15.3. The Morgan fingerprint density at radius 3 is 2.09 bits per heavy atom. The molecule has 0 bridgehead atoms. The monoisotopic (exact) mass is 461 g/mol. The first-order valence-corrected chi connectivity index (χ1v) is 12.0. The molecule has 1 aliphatic rings. The highest BCUT2D eigenvalue weighted by Crippen LogP contribution is 2.34. The fraction of sp³-hybridized carbons (Fsp3) is 0.478. The van der Waals surface area contributed by atoms with E-state index < -0.39 is 23.0 Å². The Labute approximate surface area is 191 Å². The molecular formula is C23H31N3O5S. The van der Waals surface area contributed by atoms with Crippen LogP contribution in [0, 0.1) is 0 Å². The van der Waals surface area contributed by atoms with Gasteiger partial charge in [-0.15, -0.1) is 0 Å². The van der Waals surface area contributed by atoms with E-state index in [0.29, 0.717) is 22.0 Å². The van der Waals surface area contributed by atoms with Gasteiger partial charge < -0.3 is 24.7 Å². The lowest BCUT2D eigenvalue weighted by atomic mass is 10.1. The standard InChI is InChI=1S/C23H31N3O5S/c1-15(2)24-22(27)30-13-18-19(14-31-23(28)25-16(3)4)21(26-12-8-11-20(18)26)32(29)17-9-6-5-7-10-17/h5-7,9-10,15-16H,8,11-14H2,1-4H3,(H,24,27)(H,25,28)/t32-/m0/s1. The minimum absolute atomic E-state index is 0.0182. The maximum atomic E-state index is 13.6. The zero-order valence-electron chi connectivity index (χ0n) is 19.0.